The Balaban J connectivity index is 1.34. The number of likely N-dealkylation sites (tertiary alicyclic amines) is 1. The third-order valence-electron chi connectivity index (χ3n) is 5.71. The SMILES string of the molecule is O=C(NCc1nccs1)c1ccc(C(=O)O)c(NC(=O)N2CCC(Oc3cccc(OC(F)(F)F)c3)CC2)c1. The lowest BCUT2D eigenvalue weighted by atomic mass is 10.1. The van der Waals surface area contributed by atoms with Gasteiger partial charge in [0, 0.05) is 49.1 Å². The fourth-order valence-electron chi connectivity index (χ4n) is 3.88. The molecule has 2 aromatic carbocycles. The molecule has 1 aliphatic rings. The number of rotatable bonds is 8. The zero-order chi connectivity index (χ0) is 28.0. The van der Waals surface area contributed by atoms with Gasteiger partial charge in [0.2, 0.25) is 0 Å². The number of nitrogens with one attached hydrogen (secondary N) is 2. The van der Waals surface area contributed by atoms with E-state index in [-0.39, 0.29) is 48.3 Å². The first-order chi connectivity index (χ1) is 18.6. The summed E-state index contributed by atoms with van der Waals surface area (Å²) in [5.41, 5.74) is -0.0519. The van der Waals surface area contributed by atoms with Crippen molar-refractivity contribution in [2.75, 3.05) is 18.4 Å². The Morgan fingerprint density at radius 3 is 2.51 bits per heavy atom. The molecule has 0 atom stereocenters. The molecule has 0 aliphatic carbocycles. The number of urea groups is 1. The van der Waals surface area contributed by atoms with Crippen LogP contribution in [0, 0.1) is 0 Å². The van der Waals surface area contributed by atoms with Gasteiger partial charge < -0.3 is 30.1 Å². The van der Waals surface area contributed by atoms with Gasteiger partial charge in [0.25, 0.3) is 5.91 Å². The lowest BCUT2D eigenvalue weighted by Gasteiger charge is -2.32. The fraction of sp³-hybridized carbons (Fsp3) is 0.280. The van der Waals surface area contributed by atoms with Gasteiger partial charge in [0.15, 0.2) is 0 Å². The quantitative estimate of drug-likeness (QED) is 0.360. The average Bonchev–Trinajstić information content (AvgIpc) is 3.40. The van der Waals surface area contributed by atoms with E-state index in [1.165, 1.54) is 46.6 Å². The number of alkyl halides is 3. The summed E-state index contributed by atoms with van der Waals surface area (Å²) in [5, 5.41) is 17.3. The second kappa shape index (κ2) is 12.0. The molecule has 14 heteroatoms. The van der Waals surface area contributed by atoms with Crippen LogP contribution in [-0.4, -0.2) is 58.5 Å². The summed E-state index contributed by atoms with van der Waals surface area (Å²) in [6, 6.07) is 8.53. The molecule has 3 aromatic rings. The summed E-state index contributed by atoms with van der Waals surface area (Å²) >= 11 is 1.38. The first kappa shape index (κ1) is 27.7. The van der Waals surface area contributed by atoms with E-state index in [2.05, 4.69) is 20.4 Å². The Kier molecular flexibility index (Phi) is 8.54. The minimum absolute atomic E-state index is 0.0331. The number of hydrogen-bond acceptors (Lipinski definition) is 7. The van der Waals surface area contributed by atoms with E-state index in [4.69, 9.17) is 4.74 Å². The van der Waals surface area contributed by atoms with Crippen LogP contribution in [0.2, 0.25) is 0 Å². The van der Waals surface area contributed by atoms with Crippen LogP contribution in [0.4, 0.5) is 23.7 Å². The van der Waals surface area contributed by atoms with E-state index in [1.807, 2.05) is 0 Å². The number of carbonyl (C=O) groups excluding carboxylic acids is 2. The number of carbonyl (C=O) groups is 3. The highest BCUT2D eigenvalue weighted by molar-refractivity contribution is 7.09. The van der Waals surface area contributed by atoms with Crippen LogP contribution in [0.1, 0.15) is 38.6 Å². The lowest BCUT2D eigenvalue weighted by Crippen LogP contribution is -2.44. The maximum absolute atomic E-state index is 12.9. The van der Waals surface area contributed by atoms with Crippen molar-refractivity contribution >= 4 is 34.9 Å². The van der Waals surface area contributed by atoms with Crippen LogP contribution >= 0.6 is 11.3 Å². The van der Waals surface area contributed by atoms with Gasteiger partial charge >= 0.3 is 18.4 Å². The lowest BCUT2D eigenvalue weighted by molar-refractivity contribution is -0.274. The number of aromatic nitrogens is 1. The number of hydrogen-bond donors (Lipinski definition) is 3. The maximum Gasteiger partial charge on any atom is 0.573 e. The zero-order valence-corrected chi connectivity index (χ0v) is 21.1. The first-order valence-electron chi connectivity index (χ1n) is 11.7. The molecule has 1 fully saturated rings. The molecule has 3 N–H and O–H groups in total. The van der Waals surface area contributed by atoms with Gasteiger partial charge in [-0.15, -0.1) is 24.5 Å². The van der Waals surface area contributed by atoms with Crippen molar-refractivity contribution in [2.24, 2.45) is 0 Å². The molecule has 0 saturated carbocycles. The summed E-state index contributed by atoms with van der Waals surface area (Å²) < 4.78 is 47.1. The van der Waals surface area contributed by atoms with Gasteiger partial charge in [0.05, 0.1) is 17.8 Å². The number of nitrogens with zero attached hydrogens (tertiary/aromatic N) is 2. The number of carboxylic acid groups (broad SMARTS) is 1. The van der Waals surface area contributed by atoms with Crippen molar-refractivity contribution in [1.82, 2.24) is 15.2 Å². The Bertz CT molecular complexity index is 1330. The number of amides is 3. The van der Waals surface area contributed by atoms with E-state index in [0.29, 0.717) is 17.8 Å². The van der Waals surface area contributed by atoms with Crippen molar-refractivity contribution in [3.8, 4) is 11.5 Å². The average molecular weight is 565 g/mol. The number of piperidine rings is 1. The fourth-order valence-corrected chi connectivity index (χ4v) is 4.44. The third kappa shape index (κ3) is 7.83. The standard InChI is InChI=1S/C25H23F3N4O6S/c26-25(27,28)38-18-3-1-2-17(13-18)37-16-6-9-32(10-7-16)24(36)31-20-12-15(4-5-19(20)23(34)35)22(33)30-14-21-29-8-11-39-21/h1-5,8,11-13,16H,6-7,9-10,14H2,(H,30,33)(H,31,36)(H,34,35). The third-order valence-corrected chi connectivity index (χ3v) is 6.49. The highest BCUT2D eigenvalue weighted by Crippen LogP contribution is 2.28. The van der Waals surface area contributed by atoms with Crippen molar-refractivity contribution in [3.05, 3.63) is 70.2 Å². The monoisotopic (exact) mass is 564 g/mol. The molecule has 39 heavy (non-hydrogen) atoms. The van der Waals surface area contributed by atoms with Gasteiger partial charge in [-0.05, 0) is 30.3 Å². The minimum Gasteiger partial charge on any atom is -0.490 e. The topological polar surface area (TPSA) is 130 Å². The normalized spacial score (nSPS) is 14.0. The van der Waals surface area contributed by atoms with Crippen LogP contribution in [0.15, 0.2) is 54.0 Å². The summed E-state index contributed by atoms with van der Waals surface area (Å²) in [5.74, 6) is -1.93. The van der Waals surface area contributed by atoms with Gasteiger partial charge in [-0.1, -0.05) is 6.07 Å². The van der Waals surface area contributed by atoms with E-state index in [9.17, 15) is 32.7 Å². The number of halogens is 3. The molecule has 4 rings (SSSR count). The van der Waals surface area contributed by atoms with E-state index >= 15 is 0 Å². The van der Waals surface area contributed by atoms with Gasteiger partial charge in [-0.25, -0.2) is 14.6 Å². The molecule has 0 spiro atoms. The van der Waals surface area contributed by atoms with Crippen molar-refractivity contribution < 1.29 is 42.1 Å². The Morgan fingerprint density at radius 2 is 1.85 bits per heavy atom. The number of ether oxygens (including phenoxy) is 2. The Labute approximate surface area is 224 Å². The zero-order valence-electron chi connectivity index (χ0n) is 20.2. The van der Waals surface area contributed by atoms with Crippen molar-refractivity contribution in [1.29, 1.82) is 0 Å². The molecule has 2 heterocycles. The predicted molar refractivity (Wildman–Crippen MR) is 134 cm³/mol. The summed E-state index contributed by atoms with van der Waals surface area (Å²) in [6.07, 6.45) is -2.77. The van der Waals surface area contributed by atoms with E-state index < -0.39 is 30.0 Å². The molecule has 1 aliphatic heterocycles. The molecule has 1 saturated heterocycles. The molecular formula is C25H23F3N4O6S. The highest BCUT2D eigenvalue weighted by atomic mass is 32.1. The summed E-state index contributed by atoms with van der Waals surface area (Å²) in [4.78, 5) is 42.7. The van der Waals surface area contributed by atoms with E-state index in [1.54, 1.807) is 11.6 Å². The smallest absolute Gasteiger partial charge is 0.490 e. The molecule has 0 unspecified atom stereocenters. The minimum atomic E-state index is -4.82. The van der Waals surface area contributed by atoms with Crippen molar-refractivity contribution in [2.45, 2.75) is 31.9 Å². The van der Waals surface area contributed by atoms with Crippen LogP contribution in [0.5, 0.6) is 11.5 Å². The summed E-state index contributed by atoms with van der Waals surface area (Å²) in [7, 11) is 0. The van der Waals surface area contributed by atoms with Crippen molar-refractivity contribution in [3.63, 3.8) is 0 Å². The Morgan fingerprint density at radius 1 is 1.10 bits per heavy atom. The van der Waals surface area contributed by atoms with Crippen LogP contribution in [-0.2, 0) is 6.54 Å². The van der Waals surface area contributed by atoms with Crippen LogP contribution < -0.4 is 20.1 Å². The number of aromatic carboxylic acids is 1. The number of carboxylic acids is 1. The molecule has 3 amide bonds. The first-order valence-corrected chi connectivity index (χ1v) is 12.6. The molecule has 1 aromatic heterocycles. The largest absolute Gasteiger partial charge is 0.573 e. The molecule has 10 nitrogen and oxygen atoms in total. The molecule has 0 bridgehead atoms. The van der Waals surface area contributed by atoms with E-state index in [0.717, 1.165) is 12.1 Å². The number of benzene rings is 2. The number of thiazole rings is 1. The predicted octanol–water partition coefficient (Wildman–Crippen LogP) is 4.75. The summed E-state index contributed by atoms with van der Waals surface area (Å²) in [6.45, 7) is 0.715. The second-order valence-electron chi connectivity index (χ2n) is 8.43. The van der Waals surface area contributed by atoms with Gasteiger partial charge in [0.1, 0.15) is 22.6 Å². The second-order valence-corrected chi connectivity index (χ2v) is 9.41. The van der Waals surface area contributed by atoms with Crippen LogP contribution in [0.25, 0.3) is 0 Å². The molecule has 206 valence electrons. The highest BCUT2D eigenvalue weighted by Gasteiger charge is 2.31. The van der Waals surface area contributed by atoms with Gasteiger partial charge in [-0.2, -0.15) is 0 Å². The van der Waals surface area contributed by atoms with Gasteiger partial charge in [-0.3, -0.25) is 4.79 Å². The number of anilines is 1. The van der Waals surface area contributed by atoms with Crippen LogP contribution in [0.3, 0.4) is 0 Å². The molecular weight excluding hydrogens is 541 g/mol. The maximum atomic E-state index is 12.9. The Hall–Kier alpha value is -4.33. The molecule has 0 radical (unpaired) electrons.